The molecule has 3 aromatic rings. The van der Waals surface area contributed by atoms with E-state index in [4.69, 9.17) is 20.8 Å². The number of imidazole rings is 1. The highest BCUT2D eigenvalue weighted by atomic mass is 35.5. The van der Waals surface area contributed by atoms with Gasteiger partial charge in [0.25, 0.3) is 0 Å². The van der Waals surface area contributed by atoms with Gasteiger partial charge in [0.1, 0.15) is 11.6 Å². The lowest BCUT2D eigenvalue weighted by Gasteiger charge is -2.03. The fourth-order valence-electron chi connectivity index (χ4n) is 2.04. The average molecular weight is 291 g/mol. The van der Waals surface area contributed by atoms with Crippen LogP contribution < -0.4 is 0 Å². The summed E-state index contributed by atoms with van der Waals surface area (Å²) in [6.07, 6.45) is 3.76. The summed E-state index contributed by atoms with van der Waals surface area (Å²) in [7, 11) is 1.34. The fraction of sp³-hybridized carbons (Fsp3) is 0.143. The van der Waals surface area contributed by atoms with Gasteiger partial charge in [0.2, 0.25) is 0 Å². The Morgan fingerprint density at radius 2 is 2.30 bits per heavy atom. The van der Waals surface area contributed by atoms with Crippen molar-refractivity contribution in [3.8, 4) is 0 Å². The molecule has 0 amide bonds. The summed E-state index contributed by atoms with van der Waals surface area (Å²) < 4.78 is 11.8. The molecule has 5 nitrogen and oxygen atoms in total. The Bertz CT molecular complexity index is 762. The van der Waals surface area contributed by atoms with Crippen LogP contribution in [0.5, 0.6) is 0 Å². The van der Waals surface area contributed by atoms with Gasteiger partial charge in [0.05, 0.1) is 30.9 Å². The number of aromatic nitrogens is 2. The molecule has 0 fully saturated rings. The second kappa shape index (κ2) is 5.02. The van der Waals surface area contributed by atoms with Gasteiger partial charge in [-0.15, -0.1) is 0 Å². The van der Waals surface area contributed by atoms with Crippen molar-refractivity contribution in [3.05, 3.63) is 59.0 Å². The Morgan fingerprint density at radius 3 is 3.00 bits per heavy atom. The number of fused-ring (bicyclic) bond motifs is 1. The summed E-state index contributed by atoms with van der Waals surface area (Å²) in [4.78, 5) is 15.9. The number of nitrogens with zero attached hydrogens (tertiary/aromatic N) is 2. The molecule has 0 radical (unpaired) electrons. The minimum absolute atomic E-state index is 0.392. The van der Waals surface area contributed by atoms with Crippen LogP contribution in [-0.4, -0.2) is 22.5 Å². The molecule has 0 aliphatic rings. The van der Waals surface area contributed by atoms with E-state index in [1.807, 2.05) is 12.1 Å². The Labute approximate surface area is 119 Å². The summed E-state index contributed by atoms with van der Waals surface area (Å²) in [6.45, 7) is 0. The number of hydrogen-bond donors (Lipinski definition) is 0. The van der Waals surface area contributed by atoms with E-state index < -0.39 is 5.97 Å². The molecule has 102 valence electrons. The lowest BCUT2D eigenvalue weighted by atomic mass is 10.2. The van der Waals surface area contributed by atoms with E-state index >= 15 is 0 Å². The van der Waals surface area contributed by atoms with Crippen LogP contribution in [0.4, 0.5) is 0 Å². The fourth-order valence-corrected chi connectivity index (χ4v) is 2.29. The Balaban J connectivity index is 2.09. The molecule has 20 heavy (non-hydrogen) atoms. The molecule has 0 saturated carbocycles. The number of pyridine rings is 1. The summed E-state index contributed by atoms with van der Waals surface area (Å²) in [6, 6.07) is 7.07. The van der Waals surface area contributed by atoms with Gasteiger partial charge in [0, 0.05) is 6.20 Å². The molecule has 0 aliphatic heterocycles. The van der Waals surface area contributed by atoms with Crippen LogP contribution >= 0.6 is 11.6 Å². The third-order valence-electron chi connectivity index (χ3n) is 3.00. The maximum absolute atomic E-state index is 11.6. The molecule has 0 saturated heterocycles. The van der Waals surface area contributed by atoms with Crippen LogP contribution in [0.15, 0.2) is 41.1 Å². The number of furan rings is 1. The molecule has 0 unspecified atom stereocenters. The number of rotatable bonds is 3. The van der Waals surface area contributed by atoms with Gasteiger partial charge < -0.3 is 13.6 Å². The van der Waals surface area contributed by atoms with E-state index in [9.17, 15) is 4.79 Å². The van der Waals surface area contributed by atoms with Gasteiger partial charge in [-0.1, -0.05) is 11.6 Å². The lowest BCUT2D eigenvalue weighted by Crippen LogP contribution is -2.04. The Hall–Kier alpha value is -2.27. The van der Waals surface area contributed by atoms with Crippen molar-refractivity contribution in [1.29, 1.82) is 0 Å². The van der Waals surface area contributed by atoms with Gasteiger partial charge >= 0.3 is 5.97 Å². The van der Waals surface area contributed by atoms with Gasteiger partial charge in [0.15, 0.2) is 5.15 Å². The van der Waals surface area contributed by atoms with Gasteiger partial charge in [-0.3, -0.25) is 0 Å². The predicted molar refractivity (Wildman–Crippen MR) is 73.1 cm³/mol. The van der Waals surface area contributed by atoms with Crippen LogP contribution in [0.3, 0.4) is 0 Å². The van der Waals surface area contributed by atoms with Crippen LogP contribution in [0.2, 0.25) is 5.15 Å². The van der Waals surface area contributed by atoms with Crippen LogP contribution in [0, 0.1) is 0 Å². The van der Waals surface area contributed by atoms with E-state index in [1.54, 1.807) is 29.0 Å². The molecular weight excluding hydrogens is 280 g/mol. The normalized spacial score (nSPS) is 10.9. The minimum Gasteiger partial charge on any atom is -0.469 e. The summed E-state index contributed by atoms with van der Waals surface area (Å²) in [5.41, 5.74) is 1.18. The highest BCUT2D eigenvalue weighted by Crippen LogP contribution is 2.21. The number of esters is 1. The second-order valence-electron chi connectivity index (χ2n) is 4.24. The standard InChI is InChI=1S/C14H11ClN2O3/c1-19-14(18)9-4-5-11-13(15)16-12(17(11)8-9)7-10-3-2-6-20-10/h2-6,8H,7H2,1H3. The first-order valence-corrected chi connectivity index (χ1v) is 6.34. The molecule has 0 aromatic carbocycles. The van der Waals surface area contributed by atoms with E-state index in [2.05, 4.69) is 4.98 Å². The smallest absolute Gasteiger partial charge is 0.339 e. The molecule has 0 N–H and O–H groups in total. The van der Waals surface area contributed by atoms with Crippen LogP contribution in [-0.2, 0) is 11.2 Å². The molecule has 0 spiro atoms. The first kappa shape index (κ1) is 12.7. The van der Waals surface area contributed by atoms with Crippen LogP contribution in [0.1, 0.15) is 21.9 Å². The minimum atomic E-state index is -0.402. The number of hydrogen-bond acceptors (Lipinski definition) is 4. The SMILES string of the molecule is COC(=O)c1ccc2c(Cl)nc(Cc3ccco3)n2c1. The van der Waals surface area contributed by atoms with E-state index in [0.29, 0.717) is 23.0 Å². The topological polar surface area (TPSA) is 56.7 Å². The van der Waals surface area contributed by atoms with Crippen molar-refractivity contribution in [2.75, 3.05) is 7.11 Å². The molecule has 0 atom stereocenters. The lowest BCUT2D eigenvalue weighted by molar-refractivity contribution is 0.0600. The highest BCUT2D eigenvalue weighted by Gasteiger charge is 2.14. The van der Waals surface area contributed by atoms with E-state index in [-0.39, 0.29) is 0 Å². The van der Waals surface area contributed by atoms with Gasteiger partial charge in [-0.2, -0.15) is 0 Å². The van der Waals surface area contributed by atoms with Crippen molar-refractivity contribution < 1.29 is 13.9 Å². The zero-order valence-corrected chi connectivity index (χ0v) is 11.4. The molecule has 3 rings (SSSR count). The summed E-state index contributed by atoms with van der Waals surface area (Å²) >= 11 is 6.10. The van der Waals surface area contributed by atoms with Gasteiger partial charge in [-0.25, -0.2) is 9.78 Å². The third kappa shape index (κ3) is 2.16. The summed E-state index contributed by atoms with van der Waals surface area (Å²) in [5, 5.41) is 0.392. The number of halogens is 1. The second-order valence-corrected chi connectivity index (χ2v) is 4.60. The first-order valence-electron chi connectivity index (χ1n) is 5.96. The average Bonchev–Trinajstić information content (AvgIpc) is 3.07. The largest absolute Gasteiger partial charge is 0.469 e. The quantitative estimate of drug-likeness (QED) is 0.696. The Morgan fingerprint density at radius 1 is 1.45 bits per heavy atom. The van der Waals surface area contributed by atoms with E-state index in [1.165, 1.54) is 7.11 Å². The van der Waals surface area contributed by atoms with Crippen molar-refractivity contribution in [1.82, 2.24) is 9.38 Å². The van der Waals surface area contributed by atoms with Gasteiger partial charge in [-0.05, 0) is 24.3 Å². The zero-order chi connectivity index (χ0) is 14.1. The van der Waals surface area contributed by atoms with Crippen molar-refractivity contribution in [2.24, 2.45) is 0 Å². The molecule has 0 aliphatic carbocycles. The number of carbonyl (C=O) groups excluding carboxylic acids is 1. The molecule has 3 heterocycles. The number of carbonyl (C=O) groups is 1. The number of ether oxygens (including phenoxy) is 1. The molecular formula is C14H11ClN2O3. The predicted octanol–water partition coefficient (Wildman–Crippen LogP) is 2.96. The van der Waals surface area contributed by atoms with Crippen molar-refractivity contribution >= 4 is 23.1 Å². The number of methoxy groups -OCH3 is 1. The maximum atomic E-state index is 11.6. The van der Waals surface area contributed by atoms with Crippen molar-refractivity contribution in [3.63, 3.8) is 0 Å². The maximum Gasteiger partial charge on any atom is 0.339 e. The summed E-state index contributed by atoms with van der Waals surface area (Å²) in [5.74, 6) is 1.07. The monoisotopic (exact) mass is 290 g/mol. The molecule has 6 heteroatoms. The molecule has 3 aromatic heterocycles. The molecule has 0 bridgehead atoms. The van der Waals surface area contributed by atoms with Crippen molar-refractivity contribution in [2.45, 2.75) is 6.42 Å². The zero-order valence-electron chi connectivity index (χ0n) is 10.7. The van der Waals surface area contributed by atoms with Crippen LogP contribution in [0.25, 0.3) is 5.52 Å². The third-order valence-corrected chi connectivity index (χ3v) is 3.28. The Kier molecular flexibility index (Phi) is 3.20. The highest BCUT2D eigenvalue weighted by molar-refractivity contribution is 6.32. The first-order chi connectivity index (χ1) is 9.69. The van der Waals surface area contributed by atoms with E-state index in [0.717, 1.165) is 11.3 Å².